The minimum absolute atomic E-state index is 0.123. The molecule has 3 rings (SSSR count). The molecule has 156 valence electrons. The van der Waals surface area contributed by atoms with Crippen molar-refractivity contribution >= 4 is 39.5 Å². The molecule has 0 amide bonds. The Morgan fingerprint density at radius 2 is 2.00 bits per heavy atom. The average molecular weight is 443 g/mol. The highest BCUT2D eigenvalue weighted by molar-refractivity contribution is 7.99. The van der Waals surface area contributed by atoms with E-state index < -0.39 is 10.0 Å². The normalized spacial score (nSPS) is 21.8. The van der Waals surface area contributed by atoms with Gasteiger partial charge in [0.25, 0.3) is 0 Å². The van der Waals surface area contributed by atoms with Gasteiger partial charge in [0, 0.05) is 61.9 Å². The molecule has 2 aliphatic rings. The molecule has 2 heterocycles. The average Bonchev–Trinajstić information content (AvgIpc) is 3.20. The smallest absolute Gasteiger partial charge is 0.215 e. The summed E-state index contributed by atoms with van der Waals surface area (Å²) in [6.45, 7) is 3.60. The van der Waals surface area contributed by atoms with Crippen LogP contribution in [0.25, 0.3) is 0 Å². The van der Waals surface area contributed by atoms with Crippen molar-refractivity contribution < 1.29 is 8.42 Å². The third-order valence-corrected chi connectivity index (χ3v) is 9.09. The molecule has 2 saturated heterocycles. The summed E-state index contributed by atoms with van der Waals surface area (Å²) in [6.07, 6.45) is 1.14. The Balaban J connectivity index is 1.41. The fraction of sp³-hybridized carbons (Fsp3) is 0.632. The van der Waals surface area contributed by atoms with Gasteiger partial charge in [0.15, 0.2) is 5.96 Å². The Morgan fingerprint density at radius 3 is 2.71 bits per heavy atom. The minimum atomic E-state index is -3.18. The van der Waals surface area contributed by atoms with E-state index in [4.69, 9.17) is 0 Å². The van der Waals surface area contributed by atoms with Crippen molar-refractivity contribution in [3.63, 3.8) is 0 Å². The van der Waals surface area contributed by atoms with E-state index in [1.54, 1.807) is 11.4 Å². The lowest BCUT2D eigenvalue weighted by Gasteiger charge is -2.26. The first-order chi connectivity index (χ1) is 13.6. The molecule has 0 aliphatic carbocycles. The number of likely N-dealkylation sites (tertiary alicyclic amines) is 1. The second-order valence-electron chi connectivity index (χ2n) is 7.03. The summed E-state index contributed by atoms with van der Waals surface area (Å²) in [5.41, 5.74) is 0. The molecule has 0 spiro atoms. The number of thioether (sulfide) groups is 2. The maximum atomic E-state index is 12.5. The number of nitrogens with zero attached hydrogens (tertiary/aromatic N) is 3. The molecular formula is C19H30N4O2S3. The molecule has 9 heteroatoms. The summed E-state index contributed by atoms with van der Waals surface area (Å²) in [5, 5.41) is 3.26. The summed E-state index contributed by atoms with van der Waals surface area (Å²) < 4.78 is 26.6. The quantitative estimate of drug-likeness (QED) is 0.396. The summed E-state index contributed by atoms with van der Waals surface area (Å²) in [5.74, 6) is 4.45. The fourth-order valence-corrected chi connectivity index (χ4v) is 7.01. The second kappa shape index (κ2) is 10.8. The highest BCUT2D eigenvalue weighted by Gasteiger charge is 2.26. The van der Waals surface area contributed by atoms with E-state index in [9.17, 15) is 8.42 Å². The zero-order valence-corrected chi connectivity index (χ0v) is 18.9. The molecule has 1 aromatic rings. The molecular weight excluding hydrogens is 412 g/mol. The molecule has 28 heavy (non-hydrogen) atoms. The van der Waals surface area contributed by atoms with E-state index in [1.807, 2.05) is 29.6 Å². The van der Waals surface area contributed by atoms with Crippen LogP contribution >= 0.6 is 23.5 Å². The zero-order valence-electron chi connectivity index (χ0n) is 16.4. The molecule has 0 bridgehead atoms. The first kappa shape index (κ1) is 21.8. The second-order valence-corrected chi connectivity index (χ2v) is 11.4. The van der Waals surface area contributed by atoms with Gasteiger partial charge in [-0.3, -0.25) is 4.99 Å². The van der Waals surface area contributed by atoms with E-state index in [0.717, 1.165) is 42.7 Å². The van der Waals surface area contributed by atoms with Gasteiger partial charge in [0.1, 0.15) is 0 Å². The van der Waals surface area contributed by atoms with Crippen LogP contribution in [0, 0.1) is 5.92 Å². The van der Waals surface area contributed by atoms with E-state index in [0.29, 0.717) is 25.6 Å². The summed E-state index contributed by atoms with van der Waals surface area (Å²) in [7, 11) is -1.41. The van der Waals surface area contributed by atoms with Gasteiger partial charge in [0.2, 0.25) is 10.0 Å². The van der Waals surface area contributed by atoms with E-state index >= 15 is 0 Å². The van der Waals surface area contributed by atoms with E-state index in [1.165, 1.54) is 4.90 Å². The van der Waals surface area contributed by atoms with Gasteiger partial charge in [-0.1, -0.05) is 18.2 Å². The number of aliphatic imine (C=N–C) groups is 1. The van der Waals surface area contributed by atoms with Gasteiger partial charge in [0.05, 0.1) is 5.75 Å². The highest BCUT2D eigenvalue weighted by Crippen LogP contribution is 2.25. The van der Waals surface area contributed by atoms with Crippen LogP contribution in [0.4, 0.5) is 0 Å². The van der Waals surface area contributed by atoms with Crippen molar-refractivity contribution in [2.75, 3.05) is 62.8 Å². The van der Waals surface area contributed by atoms with Crippen molar-refractivity contribution in [3.8, 4) is 0 Å². The maximum absolute atomic E-state index is 12.5. The van der Waals surface area contributed by atoms with Crippen LogP contribution < -0.4 is 5.32 Å². The van der Waals surface area contributed by atoms with Crippen molar-refractivity contribution in [1.29, 1.82) is 0 Å². The molecule has 2 aliphatic heterocycles. The molecule has 0 radical (unpaired) electrons. The molecule has 1 N–H and O–H groups in total. The lowest BCUT2D eigenvalue weighted by atomic mass is 10.2. The van der Waals surface area contributed by atoms with E-state index in [-0.39, 0.29) is 5.75 Å². The minimum Gasteiger partial charge on any atom is -0.355 e. The topological polar surface area (TPSA) is 65.0 Å². The highest BCUT2D eigenvalue weighted by atomic mass is 32.2. The SMILES string of the molecule is CN=C(NCCS(=O)(=O)N1CCSCC1)N1CCC(CSc2ccccc2)C1. The first-order valence-electron chi connectivity index (χ1n) is 9.77. The lowest BCUT2D eigenvalue weighted by molar-refractivity contribution is 0.442. The summed E-state index contributed by atoms with van der Waals surface area (Å²) in [4.78, 5) is 7.93. The van der Waals surface area contributed by atoms with Crippen LogP contribution in [0.2, 0.25) is 0 Å². The number of nitrogens with one attached hydrogen (secondary N) is 1. The maximum Gasteiger partial charge on any atom is 0.215 e. The fourth-order valence-electron chi connectivity index (χ4n) is 3.47. The predicted molar refractivity (Wildman–Crippen MR) is 121 cm³/mol. The Morgan fingerprint density at radius 1 is 1.25 bits per heavy atom. The van der Waals surface area contributed by atoms with Crippen LogP contribution in [-0.2, 0) is 10.0 Å². The van der Waals surface area contributed by atoms with Crippen LogP contribution in [0.3, 0.4) is 0 Å². The zero-order chi connectivity index (χ0) is 19.8. The largest absolute Gasteiger partial charge is 0.355 e. The molecule has 1 unspecified atom stereocenters. The number of sulfonamides is 1. The van der Waals surface area contributed by atoms with Gasteiger partial charge in [-0.2, -0.15) is 11.8 Å². The molecule has 0 saturated carbocycles. The van der Waals surface area contributed by atoms with Gasteiger partial charge in [-0.15, -0.1) is 11.8 Å². The van der Waals surface area contributed by atoms with Crippen LogP contribution in [-0.4, -0.2) is 86.4 Å². The van der Waals surface area contributed by atoms with Gasteiger partial charge >= 0.3 is 0 Å². The predicted octanol–water partition coefficient (Wildman–Crippen LogP) is 2.05. The summed E-state index contributed by atoms with van der Waals surface area (Å²) in [6, 6.07) is 10.5. The van der Waals surface area contributed by atoms with Gasteiger partial charge in [-0.05, 0) is 24.5 Å². The van der Waals surface area contributed by atoms with E-state index in [2.05, 4.69) is 39.5 Å². The number of guanidine groups is 1. The van der Waals surface area contributed by atoms with Crippen molar-refractivity contribution in [2.24, 2.45) is 10.9 Å². The van der Waals surface area contributed by atoms with Crippen molar-refractivity contribution in [1.82, 2.24) is 14.5 Å². The first-order valence-corrected chi connectivity index (χ1v) is 13.5. The Bertz CT molecular complexity index is 737. The molecule has 1 aromatic carbocycles. The number of rotatable bonds is 7. The van der Waals surface area contributed by atoms with Crippen LogP contribution in [0.5, 0.6) is 0 Å². The van der Waals surface area contributed by atoms with Crippen LogP contribution in [0.15, 0.2) is 40.2 Å². The monoisotopic (exact) mass is 442 g/mol. The molecule has 6 nitrogen and oxygen atoms in total. The standard InChI is InChI=1S/C19H30N4O2S3/c1-20-19(21-8-14-28(24,25)23-10-12-26-13-11-23)22-9-7-17(15-22)16-27-18-5-3-2-4-6-18/h2-6,17H,7-16H2,1H3,(H,20,21). The van der Waals surface area contributed by atoms with Crippen molar-refractivity contribution in [3.05, 3.63) is 30.3 Å². The number of benzene rings is 1. The number of hydrogen-bond acceptors (Lipinski definition) is 5. The third kappa shape index (κ3) is 6.30. The molecule has 2 fully saturated rings. The summed E-state index contributed by atoms with van der Waals surface area (Å²) >= 11 is 3.72. The molecule has 0 aromatic heterocycles. The van der Waals surface area contributed by atoms with Crippen molar-refractivity contribution in [2.45, 2.75) is 11.3 Å². The molecule has 1 atom stereocenters. The lowest BCUT2D eigenvalue weighted by Crippen LogP contribution is -2.45. The Kier molecular flexibility index (Phi) is 8.37. The van der Waals surface area contributed by atoms with Gasteiger partial charge < -0.3 is 10.2 Å². The Labute approximate surface area is 177 Å². The third-order valence-electron chi connectivity index (χ3n) is 5.03. The number of hydrogen-bond donors (Lipinski definition) is 1. The van der Waals surface area contributed by atoms with Gasteiger partial charge in [-0.25, -0.2) is 12.7 Å². The Hall–Kier alpha value is -0.900. The van der Waals surface area contributed by atoms with Crippen LogP contribution in [0.1, 0.15) is 6.42 Å².